The molecule has 0 saturated carbocycles. The second kappa shape index (κ2) is 8.39. The van der Waals surface area contributed by atoms with Crippen LogP contribution in [0.25, 0.3) is 0 Å². The number of rotatable bonds is 6. The molecule has 1 aromatic carbocycles. The fourth-order valence-corrected chi connectivity index (χ4v) is 2.27. The Morgan fingerprint density at radius 3 is 2.59 bits per heavy atom. The quantitative estimate of drug-likeness (QED) is 0.819. The Kier molecular flexibility index (Phi) is 7.17. The van der Waals surface area contributed by atoms with E-state index >= 15 is 0 Å². The van der Waals surface area contributed by atoms with Gasteiger partial charge in [0.25, 0.3) is 0 Å². The van der Waals surface area contributed by atoms with E-state index in [0.717, 1.165) is 17.0 Å². The Morgan fingerprint density at radius 1 is 1.36 bits per heavy atom. The van der Waals surface area contributed by atoms with Gasteiger partial charge in [-0.05, 0) is 51.8 Å². The summed E-state index contributed by atoms with van der Waals surface area (Å²) in [5, 5.41) is 7.04. The van der Waals surface area contributed by atoms with Crippen LogP contribution in [-0.4, -0.2) is 24.3 Å². The monoisotopic (exact) mass is 326 g/mol. The highest BCUT2D eigenvalue weighted by Crippen LogP contribution is 2.18. The molecule has 0 aliphatic carbocycles. The number of nitrogens with one attached hydrogen (secondary N) is 2. The molecule has 4 nitrogen and oxygen atoms in total. The van der Waals surface area contributed by atoms with Crippen molar-refractivity contribution in [1.82, 2.24) is 10.6 Å². The van der Waals surface area contributed by atoms with Crippen molar-refractivity contribution in [3.63, 3.8) is 0 Å². The number of carbonyl (C=O) groups excluding carboxylic acids is 1. The number of alkyl carbamates (subject to hydrolysis) is 1. The van der Waals surface area contributed by atoms with Gasteiger partial charge in [0.2, 0.25) is 0 Å². The van der Waals surface area contributed by atoms with E-state index in [2.05, 4.69) is 24.5 Å². The van der Waals surface area contributed by atoms with Crippen LogP contribution < -0.4 is 10.6 Å². The summed E-state index contributed by atoms with van der Waals surface area (Å²) >= 11 is 6.02. The van der Waals surface area contributed by atoms with Crippen LogP contribution in [0.1, 0.15) is 52.6 Å². The van der Waals surface area contributed by atoms with Crippen molar-refractivity contribution >= 4 is 17.7 Å². The third-order valence-corrected chi connectivity index (χ3v) is 3.45. The lowest BCUT2D eigenvalue weighted by molar-refractivity contribution is 0.0521. The second-order valence-corrected chi connectivity index (χ2v) is 6.87. The lowest BCUT2D eigenvalue weighted by atomic mass is 10.1. The van der Waals surface area contributed by atoms with Crippen molar-refractivity contribution in [1.29, 1.82) is 0 Å². The van der Waals surface area contributed by atoms with Gasteiger partial charge in [0, 0.05) is 23.7 Å². The summed E-state index contributed by atoms with van der Waals surface area (Å²) in [5.74, 6) is 0. The van der Waals surface area contributed by atoms with Crippen molar-refractivity contribution in [3.05, 3.63) is 34.9 Å². The molecule has 0 aromatic heterocycles. The minimum atomic E-state index is -0.479. The zero-order chi connectivity index (χ0) is 16.8. The molecular formula is C17H27ClN2O2. The summed E-state index contributed by atoms with van der Waals surface area (Å²) in [5.41, 5.74) is 0.649. The maximum atomic E-state index is 11.7. The smallest absolute Gasteiger partial charge is 0.407 e. The summed E-state index contributed by atoms with van der Waals surface area (Å²) in [6.07, 6.45) is 0.518. The number of hydrogen-bond donors (Lipinski definition) is 2. The Morgan fingerprint density at radius 2 is 2.05 bits per heavy atom. The number of hydrogen-bond acceptors (Lipinski definition) is 3. The Bertz CT molecular complexity index is 486. The zero-order valence-electron chi connectivity index (χ0n) is 14.1. The lowest BCUT2D eigenvalue weighted by Crippen LogP contribution is -2.43. The van der Waals surface area contributed by atoms with Gasteiger partial charge in [-0.3, -0.25) is 0 Å². The van der Waals surface area contributed by atoms with Crippen LogP contribution in [0.3, 0.4) is 0 Å². The molecule has 124 valence electrons. The van der Waals surface area contributed by atoms with Crippen LogP contribution in [-0.2, 0) is 4.74 Å². The first-order chi connectivity index (χ1) is 10.2. The molecule has 0 bridgehead atoms. The maximum absolute atomic E-state index is 11.7. The number of benzene rings is 1. The van der Waals surface area contributed by atoms with Crippen molar-refractivity contribution in [2.75, 3.05) is 6.54 Å². The predicted molar refractivity (Wildman–Crippen MR) is 91.3 cm³/mol. The van der Waals surface area contributed by atoms with E-state index in [-0.39, 0.29) is 18.2 Å². The molecule has 22 heavy (non-hydrogen) atoms. The number of ether oxygens (including phenoxy) is 1. The Hall–Kier alpha value is -1.26. The Labute approximate surface area is 138 Å². The minimum absolute atomic E-state index is 0.157. The van der Waals surface area contributed by atoms with Gasteiger partial charge in [0.05, 0.1) is 0 Å². The molecule has 2 atom stereocenters. The van der Waals surface area contributed by atoms with Gasteiger partial charge in [0.15, 0.2) is 0 Å². The van der Waals surface area contributed by atoms with E-state index < -0.39 is 5.60 Å². The molecule has 0 fully saturated rings. The van der Waals surface area contributed by atoms with Gasteiger partial charge in [-0.1, -0.05) is 30.7 Å². The van der Waals surface area contributed by atoms with Gasteiger partial charge in [-0.2, -0.15) is 0 Å². The first kappa shape index (κ1) is 18.8. The van der Waals surface area contributed by atoms with Crippen molar-refractivity contribution in [2.45, 2.75) is 58.7 Å². The standard InChI is InChI=1S/C17H27ClN2O2/c1-6-15(11-19-16(21)22-17(3,4)5)20-12(2)13-8-7-9-14(18)10-13/h7-10,12,15,20H,6,11H2,1-5H3,(H,19,21). The first-order valence-electron chi connectivity index (χ1n) is 7.69. The molecule has 2 N–H and O–H groups in total. The van der Waals surface area contributed by atoms with E-state index in [1.165, 1.54) is 0 Å². The topological polar surface area (TPSA) is 50.4 Å². The van der Waals surface area contributed by atoms with Gasteiger partial charge in [0.1, 0.15) is 5.60 Å². The summed E-state index contributed by atoms with van der Waals surface area (Å²) in [6.45, 7) is 10.2. The highest BCUT2D eigenvalue weighted by atomic mass is 35.5. The summed E-state index contributed by atoms with van der Waals surface area (Å²) in [7, 11) is 0. The normalized spacial score (nSPS) is 14.3. The van der Waals surface area contributed by atoms with Crippen LogP contribution in [0.5, 0.6) is 0 Å². The summed E-state index contributed by atoms with van der Waals surface area (Å²) < 4.78 is 5.24. The van der Waals surface area contributed by atoms with Gasteiger partial charge >= 0.3 is 6.09 Å². The SMILES string of the molecule is CCC(CNC(=O)OC(C)(C)C)NC(C)c1cccc(Cl)c1. The van der Waals surface area contributed by atoms with Crippen LogP contribution in [0.4, 0.5) is 4.79 Å². The molecule has 0 aliphatic rings. The summed E-state index contributed by atoms with van der Waals surface area (Å²) in [6, 6.07) is 8.12. The fourth-order valence-electron chi connectivity index (χ4n) is 2.07. The molecule has 0 saturated heterocycles. The van der Waals surface area contributed by atoms with E-state index in [0.29, 0.717) is 6.54 Å². The first-order valence-corrected chi connectivity index (χ1v) is 8.07. The van der Waals surface area contributed by atoms with Crippen LogP contribution in [0.15, 0.2) is 24.3 Å². The number of amides is 1. The third-order valence-electron chi connectivity index (χ3n) is 3.22. The fraction of sp³-hybridized carbons (Fsp3) is 0.588. The number of carbonyl (C=O) groups is 1. The lowest BCUT2D eigenvalue weighted by Gasteiger charge is -2.24. The Balaban J connectivity index is 2.49. The third kappa shape index (κ3) is 7.14. The van der Waals surface area contributed by atoms with Crippen LogP contribution in [0, 0.1) is 0 Å². The zero-order valence-corrected chi connectivity index (χ0v) is 14.8. The molecule has 2 unspecified atom stereocenters. The van der Waals surface area contributed by atoms with Crippen molar-refractivity contribution in [2.24, 2.45) is 0 Å². The molecule has 1 rings (SSSR count). The van der Waals surface area contributed by atoms with Gasteiger partial charge < -0.3 is 15.4 Å². The van der Waals surface area contributed by atoms with Gasteiger partial charge in [-0.15, -0.1) is 0 Å². The molecular weight excluding hydrogens is 300 g/mol. The average Bonchev–Trinajstić information content (AvgIpc) is 2.41. The number of halogens is 1. The van der Waals surface area contributed by atoms with Crippen LogP contribution in [0.2, 0.25) is 5.02 Å². The molecule has 0 aliphatic heterocycles. The van der Waals surface area contributed by atoms with E-state index in [1.54, 1.807) is 0 Å². The predicted octanol–water partition coefficient (Wildman–Crippen LogP) is 4.29. The van der Waals surface area contributed by atoms with E-state index in [4.69, 9.17) is 16.3 Å². The van der Waals surface area contributed by atoms with E-state index in [9.17, 15) is 4.79 Å². The molecule has 1 amide bonds. The minimum Gasteiger partial charge on any atom is -0.444 e. The molecule has 0 spiro atoms. The maximum Gasteiger partial charge on any atom is 0.407 e. The van der Waals surface area contributed by atoms with Gasteiger partial charge in [-0.25, -0.2) is 4.79 Å². The highest BCUT2D eigenvalue weighted by Gasteiger charge is 2.18. The molecule has 1 aromatic rings. The highest BCUT2D eigenvalue weighted by molar-refractivity contribution is 6.30. The molecule has 0 heterocycles. The van der Waals surface area contributed by atoms with Crippen molar-refractivity contribution < 1.29 is 9.53 Å². The molecule has 5 heteroatoms. The van der Waals surface area contributed by atoms with E-state index in [1.807, 2.05) is 45.0 Å². The summed E-state index contributed by atoms with van der Waals surface area (Å²) in [4.78, 5) is 11.7. The average molecular weight is 327 g/mol. The van der Waals surface area contributed by atoms with Crippen LogP contribution >= 0.6 is 11.6 Å². The molecule has 0 radical (unpaired) electrons. The van der Waals surface area contributed by atoms with Crippen molar-refractivity contribution in [3.8, 4) is 0 Å². The largest absolute Gasteiger partial charge is 0.444 e. The second-order valence-electron chi connectivity index (χ2n) is 6.43.